The van der Waals surface area contributed by atoms with Gasteiger partial charge in [-0.15, -0.1) is 0 Å². The minimum absolute atomic E-state index is 0.0483. The highest BCUT2D eigenvalue weighted by Gasteiger charge is 2.23. The third kappa shape index (κ3) is 2.77. The highest BCUT2D eigenvalue weighted by molar-refractivity contribution is 7.91. The predicted octanol–water partition coefficient (Wildman–Crippen LogP) is 1.27. The van der Waals surface area contributed by atoms with Gasteiger partial charge in [0.05, 0.1) is 6.54 Å². The average Bonchev–Trinajstić information content (AvgIpc) is 2.69. The molecule has 0 aliphatic carbocycles. The molecule has 1 aromatic carbocycles. The Morgan fingerprint density at radius 1 is 1.30 bits per heavy atom. The third-order valence-corrected chi connectivity index (χ3v) is 4.15. The van der Waals surface area contributed by atoms with Crippen LogP contribution < -0.4 is 11.1 Å². The third-order valence-electron chi connectivity index (χ3n) is 3.01. The maximum atomic E-state index is 11.8. The Hall–Kier alpha value is -2.02. The number of benzene rings is 1. The molecule has 0 radical (unpaired) electrons. The summed E-state index contributed by atoms with van der Waals surface area (Å²) in [6, 6.07) is 7.92. The van der Waals surface area contributed by atoms with Crippen molar-refractivity contribution in [3.63, 3.8) is 0 Å². The molecule has 2 aromatic rings. The number of nitrogens with two attached hydrogens (primary N) is 1. The first-order valence-electron chi connectivity index (χ1n) is 6.12. The second kappa shape index (κ2) is 5.16. The van der Waals surface area contributed by atoms with Gasteiger partial charge in [0.1, 0.15) is 5.82 Å². The van der Waals surface area contributed by atoms with Crippen LogP contribution >= 0.6 is 0 Å². The van der Waals surface area contributed by atoms with Gasteiger partial charge in [-0.2, -0.15) is 5.10 Å². The van der Waals surface area contributed by atoms with Crippen molar-refractivity contribution in [3.8, 4) is 0 Å². The van der Waals surface area contributed by atoms with Crippen LogP contribution in [0.5, 0.6) is 0 Å². The summed E-state index contributed by atoms with van der Waals surface area (Å²) in [6.45, 7) is 2.43. The number of hydrogen-bond donors (Lipinski definition) is 2. The molecule has 20 heavy (non-hydrogen) atoms. The molecule has 1 aromatic heterocycles. The van der Waals surface area contributed by atoms with E-state index >= 15 is 0 Å². The van der Waals surface area contributed by atoms with E-state index in [9.17, 15) is 8.42 Å². The molecule has 6 nitrogen and oxygen atoms in total. The Labute approximate surface area is 118 Å². The number of aromatic nitrogens is 2. The van der Waals surface area contributed by atoms with Crippen LogP contribution in [0.1, 0.15) is 11.1 Å². The van der Waals surface area contributed by atoms with Gasteiger partial charge in [0.15, 0.2) is 20.6 Å². The smallest absolute Gasteiger partial charge is 0.182 e. The summed E-state index contributed by atoms with van der Waals surface area (Å²) in [5.74, 6) is 0.425. The standard InChI is InChI=1S/C13H18N4O2S/c1-9-4-6-10(7-5-9)8-17-12(14)11(20(3,18)19)13(15-2)16-17/h4-7H,8,14H2,1-3H3,(H,15,16). The van der Waals surface area contributed by atoms with Gasteiger partial charge in [0, 0.05) is 13.3 Å². The van der Waals surface area contributed by atoms with Crippen molar-refractivity contribution in [1.29, 1.82) is 0 Å². The number of rotatable bonds is 4. The number of anilines is 2. The zero-order chi connectivity index (χ0) is 14.9. The summed E-state index contributed by atoms with van der Waals surface area (Å²) in [4.78, 5) is 0.0483. The molecular weight excluding hydrogens is 276 g/mol. The second-order valence-corrected chi connectivity index (χ2v) is 6.68. The van der Waals surface area contributed by atoms with Crippen molar-refractivity contribution in [2.24, 2.45) is 0 Å². The normalized spacial score (nSPS) is 11.6. The number of sulfone groups is 1. The van der Waals surface area contributed by atoms with Crippen LogP contribution in [0.2, 0.25) is 0 Å². The van der Waals surface area contributed by atoms with Crippen LogP contribution in [0.4, 0.5) is 11.6 Å². The first-order valence-corrected chi connectivity index (χ1v) is 8.01. The summed E-state index contributed by atoms with van der Waals surface area (Å²) in [5.41, 5.74) is 8.09. The van der Waals surface area contributed by atoms with E-state index in [2.05, 4.69) is 10.4 Å². The van der Waals surface area contributed by atoms with Crippen LogP contribution in [0, 0.1) is 6.92 Å². The summed E-state index contributed by atoms with van der Waals surface area (Å²) < 4.78 is 25.0. The Balaban J connectivity index is 2.43. The number of aryl methyl sites for hydroxylation is 1. The Morgan fingerprint density at radius 2 is 1.90 bits per heavy atom. The Bertz CT molecular complexity index is 718. The van der Waals surface area contributed by atoms with Gasteiger partial charge in [-0.25, -0.2) is 13.1 Å². The Kier molecular flexibility index (Phi) is 3.71. The molecule has 0 spiro atoms. The molecule has 7 heteroatoms. The lowest BCUT2D eigenvalue weighted by molar-refractivity contribution is 0.602. The zero-order valence-electron chi connectivity index (χ0n) is 11.7. The van der Waals surface area contributed by atoms with E-state index in [4.69, 9.17) is 5.73 Å². The van der Waals surface area contributed by atoms with Gasteiger partial charge in [0.25, 0.3) is 0 Å². The summed E-state index contributed by atoms with van der Waals surface area (Å²) in [7, 11) is -1.81. The van der Waals surface area contributed by atoms with Crippen LogP contribution in [0.3, 0.4) is 0 Å². The first kappa shape index (κ1) is 14.4. The van der Waals surface area contributed by atoms with E-state index in [1.165, 1.54) is 4.68 Å². The lowest BCUT2D eigenvalue weighted by atomic mass is 10.1. The largest absolute Gasteiger partial charge is 0.383 e. The number of nitrogens with one attached hydrogen (secondary N) is 1. The van der Waals surface area contributed by atoms with Crippen molar-refractivity contribution >= 4 is 21.5 Å². The lowest BCUT2D eigenvalue weighted by Crippen LogP contribution is -2.08. The molecule has 0 aliphatic heterocycles. The van der Waals surface area contributed by atoms with Gasteiger partial charge < -0.3 is 11.1 Å². The SMILES string of the molecule is CNc1nn(Cc2ccc(C)cc2)c(N)c1S(C)(=O)=O. The van der Waals surface area contributed by atoms with Crippen molar-refractivity contribution in [1.82, 2.24) is 9.78 Å². The molecule has 0 saturated carbocycles. The fourth-order valence-corrected chi connectivity index (χ4v) is 2.95. The molecule has 3 N–H and O–H groups in total. The maximum absolute atomic E-state index is 11.8. The zero-order valence-corrected chi connectivity index (χ0v) is 12.5. The van der Waals surface area contributed by atoms with E-state index in [1.54, 1.807) is 7.05 Å². The molecule has 0 atom stereocenters. The molecule has 0 saturated heterocycles. The van der Waals surface area contributed by atoms with Crippen LogP contribution in [0.25, 0.3) is 0 Å². The summed E-state index contributed by atoms with van der Waals surface area (Å²) in [6.07, 6.45) is 1.12. The van der Waals surface area contributed by atoms with E-state index in [0.29, 0.717) is 6.54 Å². The van der Waals surface area contributed by atoms with Crippen LogP contribution in [-0.4, -0.2) is 31.5 Å². The van der Waals surface area contributed by atoms with Crippen LogP contribution in [0.15, 0.2) is 29.2 Å². The molecule has 0 aliphatic rings. The summed E-state index contributed by atoms with van der Waals surface area (Å²) in [5, 5.41) is 6.98. The average molecular weight is 294 g/mol. The molecule has 0 bridgehead atoms. The quantitative estimate of drug-likeness (QED) is 0.886. The molecule has 108 valence electrons. The van der Waals surface area contributed by atoms with Crippen LogP contribution in [-0.2, 0) is 16.4 Å². The second-order valence-electron chi connectivity index (χ2n) is 4.73. The molecule has 0 unspecified atom stereocenters. The fraction of sp³-hybridized carbons (Fsp3) is 0.308. The van der Waals surface area contributed by atoms with E-state index in [1.807, 2.05) is 31.2 Å². The molecule has 1 heterocycles. The van der Waals surface area contributed by atoms with Crippen molar-refractivity contribution in [2.45, 2.75) is 18.4 Å². The molecular formula is C13H18N4O2S. The van der Waals surface area contributed by atoms with Crippen molar-refractivity contribution < 1.29 is 8.42 Å². The molecule has 0 fully saturated rings. The monoisotopic (exact) mass is 294 g/mol. The van der Waals surface area contributed by atoms with Gasteiger partial charge in [0.2, 0.25) is 0 Å². The minimum Gasteiger partial charge on any atom is -0.383 e. The van der Waals surface area contributed by atoms with Gasteiger partial charge >= 0.3 is 0 Å². The highest BCUT2D eigenvalue weighted by atomic mass is 32.2. The molecule has 2 rings (SSSR count). The van der Waals surface area contributed by atoms with Gasteiger partial charge in [-0.05, 0) is 12.5 Å². The van der Waals surface area contributed by atoms with Gasteiger partial charge in [-0.3, -0.25) is 0 Å². The van der Waals surface area contributed by atoms with E-state index < -0.39 is 9.84 Å². The topological polar surface area (TPSA) is 90.0 Å². The van der Waals surface area contributed by atoms with Crippen molar-refractivity contribution in [3.05, 3.63) is 35.4 Å². The maximum Gasteiger partial charge on any atom is 0.182 e. The Morgan fingerprint density at radius 3 is 2.35 bits per heavy atom. The fourth-order valence-electron chi connectivity index (χ4n) is 1.97. The van der Waals surface area contributed by atoms with Crippen molar-refractivity contribution in [2.75, 3.05) is 24.4 Å². The first-order chi connectivity index (χ1) is 9.32. The predicted molar refractivity (Wildman–Crippen MR) is 79.6 cm³/mol. The summed E-state index contributed by atoms with van der Waals surface area (Å²) >= 11 is 0. The number of nitrogen functional groups attached to an aromatic ring is 1. The lowest BCUT2D eigenvalue weighted by Gasteiger charge is -2.05. The van der Waals surface area contributed by atoms with E-state index in [-0.39, 0.29) is 16.5 Å². The number of hydrogen-bond acceptors (Lipinski definition) is 5. The number of nitrogens with zero attached hydrogens (tertiary/aromatic N) is 2. The molecule has 0 amide bonds. The van der Waals surface area contributed by atoms with Gasteiger partial charge in [-0.1, -0.05) is 29.8 Å². The highest BCUT2D eigenvalue weighted by Crippen LogP contribution is 2.27. The van der Waals surface area contributed by atoms with E-state index in [0.717, 1.165) is 17.4 Å². The minimum atomic E-state index is -3.43.